The summed E-state index contributed by atoms with van der Waals surface area (Å²) in [5, 5.41) is 28.6. The quantitative estimate of drug-likeness (QED) is 0.178. The Bertz CT molecular complexity index is 1690. The zero-order valence-electron chi connectivity index (χ0n) is 22.2. The van der Waals surface area contributed by atoms with E-state index in [-0.39, 0.29) is 28.4 Å². The number of rotatable bonds is 7. The van der Waals surface area contributed by atoms with E-state index in [1.807, 2.05) is 4.90 Å². The first-order valence-electron chi connectivity index (χ1n) is 12.8. The van der Waals surface area contributed by atoms with Gasteiger partial charge >= 0.3 is 6.55 Å². The highest BCUT2D eigenvalue weighted by molar-refractivity contribution is 5.77. The van der Waals surface area contributed by atoms with Crippen LogP contribution in [0.3, 0.4) is 0 Å². The number of aliphatic hydroxyl groups excluding tert-OH is 1. The molecule has 0 amide bonds. The molecule has 0 unspecified atom stereocenters. The second-order valence-electron chi connectivity index (χ2n) is 9.33. The molecular formula is C28H24F3N7O4. The fraction of sp³-hybridized carbons (Fsp3) is 0.250. The number of hydrogen-bond acceptors (Lipinski definition) is 9. The van der Waals surface area contributed by atoms with Crippen molar-refractivity contribution in [2.75, 3.05) is 30.4 Å². The summed E-state index contributed by atoms with van der Waals surface area (Å²) in [5.41, 5.74) is 0.582. The third kappa shape index (κ3) is 6.11. The fourth-order valence-electron chi connectivity index (χ4n) is 4.58. The zero-order valence-corrected chi connectivity index (χ0v) is 22.2. The van der Waals surface area contributed by atoms with Gasteiger partial charge in [-0.05, 0) is 31.0 Å². The number of methoxy groups -OCH3 is 1. The van der Waals surface area contributed by atoms with E-state index >= 15 is 0 Å². The molecule has 1 aromatic carbocycles. The molecule has 1 aliphatic heterocycles. The molecule has 14 heteroatoms. The van der Waals surface area contributed by atoms with Gasteiger partial charge in [0.15, 0.2) is 5.69 Å². The predicted octanol–water partition coefficient (Wildman–Crippen LogP) is 4.90. The van der Waals surface area contributed by atoms with Gasteiger partial charge in [-0.3, -0.25) is 10.1 Å². The molecule has 1 atom stereocenters. The predicted molar refractivity (Wildman–Crippen MR) is 147 cm³/mol. The lowest BCUT2D eigenvalue weighted by molar-refractivity contribution is -0.384. The molecule has 0 saturated carbocycles. The van der Waals surface area contributed by atoms with Crippen molar-refractivity contribution in [3.05, 3.63) is 82.0 Å². The Labute approximate surface area is 237 Å². The number of hydrogen-bond donors (Lipinski definition) is 2. The molecule has 5 rings (SSSR count). The average molecular weight is 580 g/mol. The number of alkyl halides is 2. The molecule has 0 spiro atoms. The number of β-amino-alcohol motifs (C(OH)–C–C–N with tert-alkyl or cyclic N) is 1. The summed E-state index contributed by atoms with van der Waals surface area (Å²) < 4.78 is 46.4. The molecule has 11 nitrogen and oxygen atoms in total. The van der Waals surface area contributed by atoms with E-state index in [1.165, 1.54) is 43.8 Å². The Hall–Kier alpha value is -5.16. The lowest BCUT2D eigenvalue weighted by Crippen LogP contribution is -2.38. The molecule has 3 aromatic heterocycles. The van der Waals surface area contributed by atoms with Crippen molar-refractivity contribution in [2.45, 2.75) is 25.5 Å². The van der Waals surface area contributed by atoms with Gasteiger partial charge in [-0.2, -0.15) is 13.9 Å². The van der Waals surface area contributed by atoms with Crippen LogP contribution in [0.2, 0.25) is 0 Å². The van der Waals surface area contributed by atoms with Crippen LogP contribution >= 0.6 is 0 Å². The molecule has 216 valence electrons. The molecular weight excluding hydrogens is 555 g/mol. The highest BCUT2D eigenvalue weighted by atomic mass is 19.3. The van der Waals surface area contributed by atoms with Crippen LogP contribution in [-0.4, -0.2) is 56.1 Å². The van der Waals surface area contributed by atoms with E-state index < -0.39 is 29.1 Å². The summed E-state index contributed by atoms with van der Waals surface area (Å²) in [5.74, 6) is 5.55. The Kier molecular flexibility index (Phi) is 8.21. The number of nitrogens with one attached hydrogen (secondary N) is 1. The van der Waals surface area contributed by atoms with Crippen LogP contribution < -0.4 is 15.0 Å². The van der Waals surface area contributed by atoms with E-state index in [9.17, 15) is 28.4 Å². The van der Waals surface area contributed by atoms with E-state index in [0.717, 1.165) is 18.7 Å². The van der Waals surface area contributed by atoms with Gasteiger partial charge < -0.3 is 20.1 Å². The normalized spacial score (nSPS) is 14.8. The van der Waals surface area contributed by atoms with Gasteiger partial charge in [-0.25, -0.2) is 19.0 Å². The standard InChI is InChI=1S/C28H24F3N7O4/c1-42-23-6-2-5-20(29)26(23)27-21(38(40)41)9-10-24(35-27)34-25-12-22(36-11-3-4-19(39)16-36)18(14-32-25)8-7-17-13-33-37(15-17)28(30)31/h2,5-6,9-10,12-15,19,28,39H,3-4,11,16H2,1H3,(H,32,34,35)/t19-/m0/s1. The Morgan fingerprint density at radius 2 is 2.05 bits per heavy atom. The molecule has 4 aromatic rings. The van der Waals surface area contributed by atoms with E-state index in [4.69, 9.17) is 4.74 Å². The van der Waals surface area contributed by atoms with E-state index in [2.05, 4.69) is 32.2 Å². The molecule has 4 heterocycles. The molecule has 1 aliphatic rings. The van der Waals surface area contributed by atoms with Crippen LogP contribution in [0.5, 0.6) is 5.75 Å². The van der Waals surface area contributed by atoms with Crippen molar-refractivity contribution >= 4 is 23.0 Å². The topological polar surface area (TPSA) is 131 Å². The van der Waals surface area contributed by atoms with Gasteiger partial charge in [0.1, 0.15) is 23.2 Å². The Morgan fingerprint density at radius 1 is 1.21 bits per heavy atom. The maximum absolute atomic E-state index is 14.8. The minimum atomic E-state index is -2.79. The van der Waals surface area contributed by atoms with Crippen LogP contribution in [-0.2, 0) is 0 Å². The van der Waals surface area contributed by atoms with Crippen LogP contribution in [0.4, 0.5) is 36.2 Å². The van der Waals surface area contributed by atoms with Crippen LogP contribution in [0.1, 0.15) is 30.5 Å². The SMILES string of the molecule is COc1cccc(F)c1-c1nc(Nc2cc(N3CCC[C@H](O)C3)c(C#Cc3cnn(C(F)F)c3)cn2)ccc1[N+](=O)[O-]. The lowest BCUT2D eigenvalue weighted by Gasteiger charge is -2.32. The summed E-state index contributed by atoms with van der Waals surface area (Å²) in [6, 6.07) is 8.31. The number of benzene rings is 1. The first-order valence-corrected chi connectivity index (χ1v) is 12.8. The average Bonchev–Trinajstić information content (AvgIpc) is 3.46. The third-order valence-corrected chi connectivity index (χ3v) is 6.52. The van der Waals surface area contributed by atoms with Crippen LogP contribution in [0.15, 0.2) is 55.0 Å². The van der Waals surface area contributed by atoms with Crippen molar-refractivity contribution in [3.8, 4) is 28.8 Å². The lowest BCUT2D eigenvalue weighted by atomic mass is 10.1. The summed E-state index contributed by atoms with van der Waals surface area (Å²) >= 11 is 0. The van der Waals surface area contributed by atoms with Gasteiger partial charge in [-0.15, -0.1) is 0 Å². The highest BCUT2D eigenvalue weighted by Gasteiger charge is 2.25. The number of nitro groups is 1. The monoisotopic (exact) mass is 579 g/mol. The van der Waals surface area contributed by atoms with Crippen LogP contribution in [0, 0.1) is 27.8 Å². The van der Waals surface area contributed by atoms with Crippen molar-refractivity contribution in [1.82, 2.24) is 19.7 Å². The molecule has 0 radical (unpaired) electrons. The first kappa shape index (κ1) is 28.4. The molecule has 42 heavy (non-hydrogen) atoms. The number of aliphatic hydroxyl groups is 1. The second kappa shape index (κ2) is 12.1. The summed E-state index contributed by atoms with van der Waals surface area (Å²) in [7, 11) is 1.32. The molecule has 1 saturated heterocycles. The summed E-state index contributed by atoms with van der Waals surface area (Å²) in [6.07, 6.45) is 4.68. The first-order chi connectivity index (χ1) is 20.2. The number of piperidine rings is 1. The minimum Gasteiger partial charge on any atom is -0.496 e. The second-order valence-corrected chi connectivity index (χ2v) is 9.33. The molecule has 1 fully saturated rings. The van der Waals surface area contributed by atoms with Crippen molar-refractivity contribution < 1.29 is 27.9 Å². The summed E-state index contributed by atoms with van der Waals surface area (Å²) in [4.78, 5) is 21.7. The summed E-state index contributed by atoms with van der Waals surface area (Å²) in [6.45, 7) is -1.81. The maximum Gasteiger partial charge on any atom is 0.333 e. The smallest absolute Gasteiger partial charge is 0.333 e. The van der Waals surface area contributed by atoms with Crippen molar-refractivity contribution in [3.63, 3.8) is 0 Å². The van der Waals surface area contributed by atoms with Gasteiger partial charge in [0.2, 0.25) is 0 Å². The number of pyridine rings is 2. The molecule has 2 N–H and O–H groups in total. The van der Waals surface area contributed by atoms with E-state index in [0.29, 0.717) is 41.3 Å². The number of nitrogens with zero attached hydrogens (tertiary/aromatic N) is 6. The highest BCUT2D eigenvalue weighted by Crippen LogP contribution is 2.38. The largest absolute Gasteiger partial charge is 0.496 e. The Balaban J connectivity index is 1.52. The minimum absolute atomic E-state index is 0.0776. The van der Waals surface area contributed by atoms with E-state index in [1.54, 1.807) is 6.07 Å². The fourth-order valence-corrected chi connectivity index (χ4v) is 4.58. The number of ether oxygens (including phenoxy) is 1. The maximum atomic E-state index is 14.8. The third-order valence-electron chi connectivity index (χ3n) is 6.52. The van der Waals surface area contributed by atoms with Crippen LogP contribution in [0.25, 0.3) is 11.3 Å². The van der Waals surface area contributed by atoms with Crippen molar-refractivity contribution in [1.29, 1.82) is 0 Å². The molecule has 0 bridgehead atoms. The Morgan fingerprint density at radius 3 is 2.76 bits per heavy atom. The van der Waals surface area contributed by atoms with Gasteiger partial charge in [0.25, 0.3) is 5.69 Å². The van der Waals surface area contributed by atoms with Gasteiger partial charge in [0, 0.05) is 37.6 Å². The zero-order chi connectivity index (χ0) is 29.8. The van der Waals surface area contributed by atoms with Gasteiger partial charge in [0.05, 0.1) is 46.7 Å². The number of halogens is 3. The molecule has 0 aliphatic carbocycles. The van der Waals surface area contributed by atoms with Gasteiger partial charge in [-0.1, -0.05) is 17.9 Å². The van der Waals surface area contributed by atoms with Crippen molar-refractivity contribution in [2.24, 2.45) is 0 Å². The number of aromatic nitrogens is 4. The number of anilines is 3.